The molecule has 0 bridgehead atoms. The third-order valence-corrected chi connectivity index (χ3v) is 5.78. The molecular formula is C21H13BrN6OS. The summed E-state index contributed by atoms with van der Waals surface area (Å²) in [6.45, 7) is 0. The van der Waals surface area contributed by atoms with E-state index >= 15 is 0 Å². The van der Waals surface area contributed by atoms with Crippen LogP contribution in [0.3, 0.4) is 0 Å². The minimum atomic E-state index is -0.460. The van der Waals surface area contributed by atoms with Crippen molar-refractivity contribution in [3.63, 3.8) is 0 Å². The fourth-order valence-electron chi connectivity index (χ4n) is 3.13. The van der Waals surface area contributed by atoms with E-state index in [1.54, 1.807) is 16.3 Å². The van der Waals surface area contributed by atoms with E-state index in [-0.39, 0.29) is 11.4 Å². The Morgan fingerprint density at radius 2 is 1.83 bits per heavy atom. The van der Waals surface area contributed by atoms with Gasteiger partial charge < -0.3 is 0 Å². The zero-order valence-corrected chi connectivity index (χ0v) is 17.8. The van der Waals surface area contributed by atoms with Crippen LogP contribution in [0.5, 0.6) is 0 Å². The number of hydrogen-bond acceptors (Lipinski definition) is 5. The molecule has 0 aliphatic carbocycles. The number of fused-ring (bicyclic) bond motifs is 1. The smallest absolute Gasteiger partial charge is 0.282 e. The highest BCUT2D eigenvalue weighted by Crippen LogP contribution is 2.30. The lowest BCUT2D eigenvalue weighted by Gasteiger charge is -2.20. The van der Waals surface area contributed by atoms with Gasteiger partial charge in [-0.3, -0.25) is 10.2 Å². The van der Waals surface area contributed by atoms with Crippen molar-refractivity contribution in [2.75, 3.05) is 0 Å². The van der Waals surface area contributed by atoms with E-state index < -0.39 is 5.91 Å². The average molecular weight is 477 g/mol. The number of amidine groups is 2. The molecular weight excluding hydrogens is 464 g/mol. The Labute approximate surface area is 184 Å². The summed E-state index contributed by atoms with van der Waals surface area (Å²) in [7, 11) is 0. The largest absolute Gasteiger partial charge is 0.283 e. The quantitative estimate of drug-likeness (QED) is 0.561. The van der Waals surface area contributed by atoms with E-state index in [0.717, 1.165) is 15.7 Å². The molecule has 0 saturated heterocycles. The van der Waals surface area contributed by atoms with Gasteiger partial charge in [0.05, 0.1) is 22.5 Å². The van der Waals surface area contributed by atoms with Crippen LogP contribution in [-0.4, -0.2) is 37.2 Å². The highest BCUT2D eigenvalue weighted by atomic mass is 79.9. The van der Waals surface area contributed by atoms with Crippen LogP contribution < -0.4 is 0 Å². The molecule has 3 aromatic rings. The average Bonchev–Trinajstić information content (AvgIpc) is 3.40. The van der Waals surface area contributed by atoms with Crippen LogP contribution in [0.4, 0.5) is 0 Å². The van der Waals surface area contributed by atoms with Gasteiger partial charge in [0.2, 0.25) is 0 Å². The van der Waals surface area contributed by atoms with Crippen molar-refractivity contribution in [3.05, 3.63) is 76.4 Å². The summed E-state index contributed by atoms with van der Waals surface area (Å²) in [6.07, 6.45) is 3.51. The normalized spacial score (nSPS) is 16.9. The molecule has 0 unspecified atom stereocenters. The third-order valence-electron chi connectivity index (χ3n) is 4.58. The van der Waals surface area contributed by atoms with Gasteiger partial charge in [0, 0.05) is 21.8 Å². The lowest BCUT2D eigenvalue weighted by molar-refractivity contribution is -0.114. The molecule has 0 fully saturated rings. The van der Waals surface area contributed by atoms with Gasteiger partial charge in [-0.25, -0.2) is 4.68 Å². The Balaban J connectivity index is 1.65. The number of carbonyl (C=O) groups excluding carboxylic acids is 1. The van der Waals surface area contributed by atoms with Gasteiger partial charge >= 0.3 is 0 Å². The van der Waals surface area contributed by atoms with Crippen molar-refractivity contribution < 1.29 is 4.79 Å². The second-order valence-electron chi connectivity index (χ2n) is 6.48. The summed E-state index contributed by atoms with van der Waals surface area (Å²) < 4.78 is 2.73. The Kier molecular flexibility index (Phi) is 4.68. The van der Waals surface area contributed by atoms with E-state index in [1.807, 2.05) is 60.8 Å². The SMILES string of the molecule is N=C1/C(=C/c2cn(-c3ccccc3)nc2-c2ccc(Br)cc2)C(=O)N=C2SC=NN12. The van der Waals surface area contributed by atoms with Crippen LogP contribution in [0, 0.1) is 5.41 Å². The molecule has 1 amide bonds. The van der Waals surface area contributed by atoms with Gasteiger partial charge in [0.25, 0.3) is 5.91 Å². The van der Waals surface area contributed by atoms with Gasteiger partial charge in [-0.2, -0.15) is 20.2 Å². The first-order chi connectivity index (χ1) is 14.6. The molecule has 30 heavy (non-hydrogen) atoms. The summed E-state index contributed by atoms with van der Waals surface area (Å²) in [5.41, 5.74) is 4.94. The third kappa shape index (κ3) is 3.31. The predicted molar refractivity (Wildman–Crippen MR) is 123 cm³/mol. The van der Waals surface area contributed by atoms with Crippen molar-refractivity contribution in [1.82, 2.24) is 14.8 Å². The lowest BCUT2D eigenvalue weighted by atomic mass is 10.0. The number of hydrogen-bond donors (Lipinski definition) is 1. The second-order valence-corrected chi connectivity index (χ2v) is 8.20. The van der Waals surface area contributed by atoms with E-state index in [9.17, 15) is 4.79 Å². The monoisotopic (exact) mass is 476 g/mol. The number of rotatable bonds is 3. The molecule has 2 aromatic carbocycles. The van der Waals surface area contributed by atoms with E-state index in [2.05, 4.69) is 26.0 Å². The molecule has 0 atom stereocenters. The predicted octanol–water partition coefficient (Wildman–Crippen LogP) is 4.55. The van der Waals surface area contributed by atoms with Crippen molar-refractivity contribution in [3.8, 4) is 16.9 Å². The number of benzene rings is 2. The fourth-order valence-corrected chi connectivity index (χ4v) is 4.00. The van der Waals surface area contributed by atoms with Gasteiger partial charge in [-0.15, -0.1) is 0 Å². The van der Waals surface area contributed by atoms with Crippen LogP contribution in [0.2, 0.25) is 0 Å². The number of para-hydroxylation sites is 1. The van der Waals surface area contributed by atoms with E-state index in [4.69, 9.17) is 10.5 Å². The molecule has 2 aliphatic heterocycles. The maximum absolute atomic E-state index is 12.6. The Morgan fingerprint density at radius 3 is 2.60 bits per heavy atom. The topological polar surface area (TPSA) is 86.7 Å². The molecule has 7 nitrogen and oxygen atoms in total. The number of hydrazone groups is 1. The van der Waals surface area contributed by atoms with Crippen molar-refractivity contribution in [2.45, 2.75) is 0 Å². The number of nitrogens with one attached hydrogen (secondary N) is 1. The molecule has 9 heteroatoms. The summed E-state index contributed by atoms with van der Waals surface area (Å²) in [5, 5.41) is 19.0. The lowest BCUT2D eigenvalue weighted by Crippen LogP contribution is -2.35. The molecule has 1 aromatic heterocycles. The number of amides is 1. The molecule has 1 N–H and O–H groups in total. The fraction of sp³-hybridized carbons (Fsp3) is 0. The first-order valence-corrected chi connectivity index (χ1v) is 10.6. The van der Waals surface area contributed by atoms with Crippen LogP contribution in [-0.2, 0) is 4.79 Å². The van der Waals surface area contributed by atoms with Gasteiger partial charge in [0.15, 0.2) is 11.0 Å². The van der Waals surface area contributed by atoms with Crippen molar-refractivity contribution >= 4 is 56.2 Å². The molecule has 3 heterocycles. The maximum atomic E-state index is 12.6. The summed E-state index contributed by atoms with van der Waals surface area (Å²) in [4.78, 5) is 16.6. The molecule has 0 saturated carbocycles. The summed E-state index contributed by atoms with van der Waals surface area (Å²) in [5.74, 6) is -0.459. The minimum absolute atomic E-state index is 0.000433. The van der Waals surface area contributed by atoms with Crippen molar-refractivity contribution in [1.29, 1.82) is 5.41 Å². The molecule has 5 rings (SSSR count). The Hall–Kier alpha value is -3.30. The summed E-state index contributed by atoms with van der Waals surface area (Å²) in [6, 6.07) is 17.5. The van der Waals surface area contributed by atoms with E-state index in [1.165, 1.54) is 16.8 Å². The molecule has 2 aliphatic rings. The Bertz CT molecular complexity index is 1260. The number of aromatic nitrogens is 2. The summed E-state index contributed by atoms with van der Waals surface area (Å²) >= 11 is 4.67. The van der Waals surface area contributed by atoms with Crippen LogP contribution in [0.15, 0.2) is 80.9 Å². The first-order valence-electron chi connectivity index (χ1n) is 8.94. The number of thioether (sulfide) groups is 1. The maximum Gasteiger partial charge on any atom is 0.283 e. The Morgan fingerprint density at radius 1 is 1.07 bits per heavy atom. The minimum Gasteiger partial charge on any atom is -0.282 e. The zero-order valence-electron chi connectivity index (χ0n) is 15.4. The van der Waals surface area contributed by atoms with Crippen molar-refractivity contribution in [2.24, 2.45) is 10.1 Å². The first kappa shape index (κ1) is 18.7. The van der Waals surface area contributed by atoms with Crippen LogP contribution in [0.25, 0.3) is 23.0 Å². The number of aliphatic imine (C=N–C) groups is 1. The molecule has 0 spiro atoms. The van der Waals surface area contributed by atoms with Gasteiger partial charge in [-0.1, -0.05) is 46.3 Å². The van der Waals surface area contributed by atoms with Gasteiger partial charge in [-0.05, 0) is 42.1 Å². The van der Waals surface area contributed by atoms with Gasteiger partial charge in [0.1, 0.15) is 0 Å². The second kappa shape index (κ2) is 7.51. The van der Waals surface area contributed by atoms with E-state index in [0.29, 0.717) is 16.4 Å². The number of carbonyl (C=O) groups is 1. The molecule has 0 radical (unpaired) electrons. The standard InChI is InChI=1S/C21H13BrN6OS/c22-15-8-6-13(7-9-15)18-14(11-27(26-18)16-4-2-1-3-5-16)10-17-19(23)28-21(25-20(17)29)30-12-24-28/h1-12,23H/b17-10-,23-19?. The highest BCUT2D eigenvalue weighted by Gasteiger charge is 2.33. The van der Waals surface area contributed by atoms with Crippen LogP contribution >= 0.6 is 27.7 Å². The molecule has 146 valence electrons. The zero-order chi connectivity index (χ0) is 20.7. The van der Waals surface area contributed by atoms with Crippen LogP contribution in [0.1, 0.15) is 5.56 Å². The number of halogens is 1. The highest BCUT2D eigenvalue weighted by molar-refractivity contribution is 9.10. The number of nitrogens with zero attached hydrogens (tertiary/aromatic N) is 5.